The molecule has 0 aliphatic rings. The minimum absolute atomic E-state index is 0.00437. The zero-order valence-corrected chi connectivity index (χ0v) is 23.3. The Labute approximate surface area is 240 Å². The highest BCUT2D eigenvalue weighted by Crippen LogP contribution is 2.51. The first-order valence-corrected chi connectivity index (χ1v) is 13.4. The van der Waals surface area contributed by atoms with E-state index in [1.807, 2.05) is 0 Å². The fraction of sp³-hybridized carbons (Fsp3) is 0.226. The summed E-state index contributed by atoms with van der Waals surface area (Å²) < 4.78 is 95.3. The number of hydrogen-bond donors (Lipinski definition) is 0. The molecule has 0 saturated carbocycles. The smallest absolute Gasteiger partial charge is 0.421 e. The third-order valence-corrected chi connectivity index (χ3v) is 7.60. The van der Waals surface area contributed by atoms with Crippen molar-refractivity contribution in [3.8, 4) is 16.9 Å². The number of ether oxygens (including phenoxy) is 2. The van der Waals surface area contributed by atoms with Gasteiger partial charge in [0.05, 0.1) is 16.9 Å². The SMILES string of the molecule is C=C(C)C(=O)OCCCc1ccc(-c2ccc3c(sc4c(C(F)(F)F)c(OC(=O)C(=C)C)ccc43)c2C(F)(F)F)cc1. The van der Waals surface area contributed by atoms with E-state index in [9.17, 15) is 35.9 Å². The Morgan fingerprint density at radius 1 is 0.762 bits per heavy atom. The Morgan fingerprint density at radius 2 is 1.31 bits per heavy atom. The van der Waals surface area contributed by atoms with Crippen LogP contribution in [0.15, 0.2) is 72.8 Å². The topological polar surface area (TPSA) is 52.6 Å². The van der Waals surface area contributed by atoms with Gasteiger partial charge in [-0.2, -0.15) is 26.3 Å². The van der Waals surface area contributed by atoms with Crippen LogP contribution in [-0.4, -0.2) is 18.5 Å². The van der Waals surface area contributed by atoms with E-state index in [0.29, 0.717) is 24.2 Å². The summed E-state index contributed by atoms with van der Waals surface area (Å²) in [4.78, 5) is 23.5. The Morgan fingerprint density at radius 3 is 1.86 bits per heavy atom. The van der Waals surface area contributed by atoms with Crippen LogP contribution in [0.5, 0.6) is 5.75 Å². The summed E-state index contributed by atoms with van der Waals surface area (Å²) in [5, 5.41) is -0.0486. The summed E-state index contributed by atoms with van der Waals surface area (Å²) >= 11 is 0.347. The summed E-state index contributed by atoms with van der Waals surface area (Å²) in [5.74, 6) is -2.41. The maximum Gasteiger partial charge on any atom is 0.421 e. The van der Waals surface area contributed by atoms with Crippen molar-refractivity contribution in [1.29, 1.82) is 0 Å². The van der Waals surface area contributed by atoms with Crippen molar-refractivity contribution in [3.05, 3.63) is 89.5 Å². The van der Waals surface area contributed by atoms with Crippen molar-refractivity contribution < 1.29 is 45.4 Å². The molecular formula is C31H24F6O4S. The van der Waals surface area contributed by atoms with Gasteiger partial charge in [-0.15, -0.1) is 11.3 Å². The largest absolute Gasteiger partial charge is 0.462 e. The number of halogens is 6. The molecule has 4 aromatic rings. The van der Waals surface area contributed by atoms with Gasteiger partial charge in [0.1, 0.15) is 11.3 Å². The molecule has 3 aromatic carbocycles. The van der Waals surface area contributed by atoms with Crippen molar-refractivity contribution in [3.63, 3.8) is 0 Å². The molecule has 0 fully saturated rings. The molecule has 0 spiro atoms. The molecule has 0 aliphatic carbocycles. The first kappa shape index (κ1) is 30.8. The van der Waals surface area contributed by atoms with Crippen LogP contribution in [-0.2, 0) is 33.1 Å². The van der Waals surface area contributed by atoms with Crippen molar-refractivity contribution in [2.75, 3.05) is 6.61 Å². The van der Waals surface area contributed by atoms with Crippen LogP contribution < -0.4 is 4.74 Å². The Hall–Kier alpha value is -4.12. The molecule has 11 heteroatoms. The second kappa shape index (κ2) is 11.6. The van der Waals surface area contributed by atoms with E-state index in [1.165, 1.54) is 44.2 Å². The van der Waals surface area contributed by atoms with E-state index in [1.54, 1.807) is 12.1 Å². The van der Waals surface area contributed by atoms with E-state index in [-0.39, 0.29) is 44.4 Å². The van der Waals surface area contributed by atoms with Crippen molar-refractivity contribution in [2.45, 2.75) is 39.0 Å². The highest BCUT2D eigenvalue weighted by Gasteiger charge is 2.41. The maximum absolute atomic E-state index is 14.5. The molecule has 1 aromatic heterocycles. The number of rotatable bonds is 8. The molecule has 0 saturated heterocycles. The molecule has 0 bridgehead atoms. The Kier molecular flexibility index (Phi) is 8.54. The molecule has 1 heterocycles. The molecule has 0 amide bonds. The van der Waals surface area contributed by atoms with E-state index in [0.717, 1.165) is 11.6 Å². The van der Waals surface area contributed by atoms with Gasteiger partial charge in [-0.1, -0.05) is 49.6 Å². The zero-order chi connectivity index (χ0) is 31.0. The van der Waals surface area contributed by atoms with Crippen LogP contribution in [0.2, 0.25) is 0 Å². The summed E-state index contributed by atoms with van der Waals surface area (Å²) in [6.07, 6.45) is -8.92. The molecule has 0 atom stereocenters. The molecule has 0 radical (unpaired) electrons. The second-order valence-corrected chi connectivity index (χ2v) is 10.7. The van der Waals surface area contributed by atoms with Gasteiger partial charge in [-0.25, -0.2) is 9.59 Å². The van der Waals surface area contributed by atoms with Crippen molar-refractivity contribution in [2.24, 2.45) is 0 Å². The van der Waals surface area contributed by atoms with Gasteiger partial charge < -0.3 is 9.47 Å². The van der Waals surface area contributed by atoms with Crippen molar-refractivity contribution >= 4 is 43.4 Å². The van der Waals surface area contributed by atoms with Gasteiger partial charge in [0.15, 0.2) is 0 Å². The normalized spacial score (nSPS) is 12.0. The third-order valence-electron chi connectivity index (χ3n) is 6.35. The fourth-order valence-corrected chi connectivity index (χ4v) is 5.79. The minimum Gasteiger partial charge on any atom is -0.462 e. The molecule has 0 unspecified atom stereocenters. The highest BCUT2D eigenvalue weighted by molar-refractivity contribution is 7.26. The lowest BCUT2D eigenvalue weighted by atomic mass is 9.95. The van der Waals surface area contributed by atoms with Crippen molar-refractivity contribution in [1.82, 2.24) is 0 Å². The first-order chi connectivity index (χ1) is 19.6. The van der Waals surface area contributed by atoms with Gasteiger partial charge in [0.2, 0.25) is 0 Å². The molecule has 4 rings (SSSR count). The van der Waals surface area contributed by atoms with E-state index in [2.05, 4.69) is 13.2 Å². The van der Waals surface area contributed by atoms with Gasteiger partial charge in [-0.3, -0.25) is 0 Å². The predicted molar refractivity (Wildman–Crippen MR) is 149 cm³/mol. The Balaban J connectivity index is 1.78. The van der Waals surface area contributed by atoms with Crippen LogP contribution in [0.4, 0.5) is 26.3 Å². The van der Waals surface area contributed by atoms with Gasteiger partial charge in [0.25, 0.3) is 0 Å². The summed E-state index contributed by atoms with van der Waals surface area (Å²) in [5.41, 5.74) is -1.42. The standard InChI is InChI=1S/C31H24F6O4S/c1-16(2)28(38)40-15-5-6-18-7-9-19(10-8-18)20-11-12-21-22-13-14-23(41-29(39)17(3)4)25(31(35,36)37)27(22)42-26(21)24(20)30(32,33)34/h7-14H,1,3,5-6,15H2,2,4H3. The van der Waals surface area contributed by atoms with Crippen LogP contribution in [0.3, 0.4) is 0 Å². The minimum atomic E-state index is -5.02. The number of benzene rings is 3. The number of alkyl halides is 6. The average molecular weight is 607 g/mol. The number of carbonyl (C=O) groups is 2. The molecule has 0 aliphatic heterocycles. The summed E-state index contributed by atoms with van der Waals surface area (Å²) in [6, 6.07) is 11.1. The lowest BCUT2D eigenvalue weighted by Crippen LogP contribution is -2.14. The Bertz CT molecular complexity index is 1710. The third kappa shape index (κ3) is 6.35. The number of esters is 2. The summed E-state index contributed by atoms with van der Waals surface area (Å²) in [7, 11) is 0. The van der Waals surface area contributed by atoms with Gasteiger partial charge >= 0.3 is 24.3 Å². The van der Waals surface area contributed by atoms with Crippen LogP contribution in [0.25, 0.3) is 31.3 Å². The molecule has 4 nitrogen and oxygen atoms in total. The maximum atomic E-state index is 14.5. The number of hydrogen-bond acceptors (Lipinski definition) is 5. The number of carbonyl (C=O) groups excluding carboxylic acids is 2. The average Bonchev–Trinajstić information content (AvgIpc) is 3.27. The van der Waals surface area contributed by atoms with Crippen LogP contribution in [0.1, 0.15) is 37.0 Å². The van der Waals surface area contributed by atoms with Crippen LogP contribution >= 0.6 is 11.3 Å². The fourth-order valence-electron chi connectivity index (χ4n) is 4.36. The van der Waals surface area contributed by atoms with E-state index in [4.69, 9.17) is 9.47 Å². The van der Waals surface area contributed by atoms with Crippen LogP contribution in [0, 0.1) is 0 Å². The monoisotopic (exact) mass is 606 g/mol. The van der Waals surface area contributed by atoms with Gasteiger partial charge in [0, 0.05) is 26.6 Å². The second-order valence-electron chi connectivity index (χ2n) is 9.66. The quantitative estimate of drug-likeness (QED) is 0.0660. The van der Waals surface area contributed by atoms with E-state index >= 15 is 0 Å². The van der Waals surface area contributed by atoms with Gasteiger partial charge in [-0.05, 0) is 55.5 Å². The molecule has 0 N–H and O–H groups in total. The highest BCUT2D eigenvalue weighted by atomic mass is 32.1. The first-order valence-electron chi connectivity index (χ1n) is 12.6. The molecular weight excluding hydrogens is 582 g/mol. The lowest BCUT2D eigenvalue weighted by Gasteiger charge is -2.15. The lowest BCUT2D eigenvalue weighted by molar-refractivity contribution is -0.140. The molecule has 42 heavy (non-hydrogen) atoms. The number of aryl methyl sites for hydroxylation is 1. The number of fused-ring (bicyclic) bond motifs is 3. The van der Waals surface area contributed by atoms with E-state index < -0.39 is 45.9 Å². The number of thiophene rings is 1. The summed E-state index contributed by atoms with van der Waals surface area (Å²) in [6.45, 7) is 9.80. The zero-order valence-electron chi connectivity index (χ0n) is 22.5. The molecule has 220 valence electrons. The predicted octanol–water partition coefficient (Wildman–Crippen LogP) is 9.29.